The predicted molar refractivity (Wildman–Crippen MR) is 137 cm³/mol. The van der Waals surface area contributed by atoms with E-state index in [2.05, 4.69) is 99.0 Å². The molecule has 33 heavy (non-hydrogen) atoms. The summed E-state index contributed by atoms with van der Waals surface area (Å²) in [6.45, 7) is 14.4. The molecule has 3 aromatic rings. The zero-order valence-corrected chi connectivity index (χ0v) is 20.4. The van der Waals surface area contributed by atoms with Crippen LogP contribution >= 0.6 is 0 Å². The van der Waals surface area contributed by atoms with Crippen LogP contribution in [0.25, 0.3) is 0 Å². The molecular formula is C29H33N3O. The minimum Gasteiger partial charge on any atom is -0.456 e. The fraction of sp³-hybridized carbons (Fsp3) is 0.345. The average Bonchev–Trinajstić information content (AvgIpc) is 2.84. The maximum atomic E-state index is 10.8. The van der Waals surface area contributed by atoms with E-state index >= 15 is 0 Å². The molecule has 0 fully saturated rings. The van der Waals surface area contributed by atoms with E-state index in [1.165, 1.54) is 0 Å². The summed E-state index contributed by atoms with van der Waals surface area (Å²) in [5, 5.41) is 10.8. The van der Waals surface area contributed by atoms with Gasteiger partial charge in [0.15, 0.2) is 0 Å². The lowest BCUT2D eigenvalue weighted by atomic mass is 9.67. The van der Waals surface area contributed by atoms with E-state index < -0.39 is 5.41 Å². The molecule has 0 unspecified atom stereocenters. The minimum absolute atomic E-state index is 0.758. The van der Waals surface area contributed by atoms with Gasteiger partial charge in [-0.15, -0.1) is 0 Å². The van der Waals surface area contributed by atoms with Crippen LogP contribution in [0.2, 0.25) is 0 Å². The summed E-state index contributed by atoms with van der Waals surface area (Å²) in [6.07, 6.45) is 0. The fourth-order valence-corrected chi connectivity index (χ4v) is 5.11. The average molecular weight is 440 g/mol. The topological polar surface area (TPSA) is 39.5 Å². The second kappa shape index (κ2) is 9.19. The summed E-state index contributed by atoms with van der Waals surface area (Å²) >= 11 is 0. The van der Waals surface area contributed by atoms with Crippen molar-refractivity contribution in [2.24, 2.45) is 0 Å². The summed E-state index contributed by atoms with van der Waals surface area (Å²) in [6, 6.07) is 23.5. The highest BCUT2D eigenvalue weighted by Crippen LogP contribution is 2.53. The molecule has 0 spiro atoms. The lowest BCUT2D eigenvalue weighted by Gasteiger charge is -2.37. The molecule has 0 N–H and O–H groups in total. The van der Waals surface area contributed by atoms with E-state index in [4.69, 9.17) is 4.74 Å². The van der Waals surface area contributed by atoms with Gasteiger partial charge >= 0.3 is 0 Å². The maximum Gasteiger partial charge on any atom is 0.140 e. The van der Waals surface area contributed by atoms with Crippen LogP contribution in [-0.4, -0.2) is 26.2 Å². The Morgan fingerprint density at radius 3 is 1.64 bits per heavy atom. The Bertz CT molecular complexity index is 1120. The van der Waals surface area contributed by atoms with Crippen LogP contribution in [0.1, 0.15) is 49.9 Å². The van der Waals surface area contributed by atoms with Gasteiger partial charge in [-0.05, 0) is 57.9 Å². The number of aryl methyl sites for hydroxylation is 1. The molecule has 4 heteroatoms. The molecule has 0 saturated carbocycles. The molecule has 1 aliphatic rings. The summed E-state index contributed by atoms with van der Waals surface area (Å²) in [5.74, 6) is 1.52. The SMILES string of the molecule is CCN(CC)c1ccc2c(c1)Oc1cc(N(CC)CC)ccc1C2(C#N)c1ccccc1C. The van der Waals surface area contributed by atoms with E-state index in [0.717, 1.165) is 71.3 Å². The van der Waals surface area contributed by atoms with Crippen LogP contribution in [0.5, 0.6) is 11.5 Å². The summed E-state index contributed by atoms with van der Waals surface area (Å²) in [4.78, 5) is 4.60. The number of fused-ring (bicyclic) bond motifs is 2. The van der Waals surface area contributed by atoms with E-state index in [9.17, 15) is 5.26 Å². The molecule has 0 radical (unpaired) electrons. The smallest absolute Gasteiger partial charge is 0.140 e. The van der Waals surface area contributed by atoms with Crippen LogP contribution in [-0.2, 0) is 5.41 Å². The highest BCUT2D eigenvalue weighted by atomic mass is 16.5. The molecule has 4 nitrogen and oxygen atoms in total. The fourth-order valence-electron chi connectivity index (χ4n) is 5.11. The molecule has 1 aliphatic heterocycles. The van der Waals surface area contributed by atoms with Gasteiger partial charge in [0.2, 0.25) is 0 Å². The van der Waals surface area contributed by atoms with Crippen molar-refractivity contribution in [1.82, 2.24) is 0 Å². The number of hydrogen-bond acceptors (Lipinski definition) is 4. The zero-order valence-electron chi connectivity index (χ0n) is 20.4. The molecule has 1 heterocycles. The zero-order chi connectivity index (χ0) is 23.6. The van der Waals surface area contributed by atoms with Crippen molar-refractivity contribution >= 4 is 11.4 Å². The van der Waals surface area contributed by atoms with Gasteiger partial charge in [0.05, 0.1) is 6.07 Å². The largest absolute Gasteiger partial charge is 0.456 e. The number of anilines is 2. The first-order valence-electron chi connectivity index (χ1n) is 12.0. The third kappa shape index (κ3) is 3.62. The van der Waals surface area contributed by atoms with Crippen molar-refractivity contribution in [2.75, 3.05) is 36.0 Å². The van der Waals surface area contributed by atoms with Gasteiger partial charge in [-0.3, -0.25) is 0 Å². The summed E-state index contributed by atoms with van der Waals surface area (Å²) in [5.41, 5.74) is 5.19. The Labute approximate surface area is 198 Å². The first kappa shape index (κ1) is 22.7. The molecule has 0 amide bonds. The first-order chi connectivity index (χ1) is 16.0. The quantitative estimate of drug-likeness (QED) is 0.413. The highest BCUT2D eigenvalue weighted by Gasteiger charge is 2.45. The molecule has 0 aromatic heterocycles. The van der Waals surface area contributed by atoms with Gasteiger partial charge in [0.25, 0.3) is 0 Å². The third-order valence-electron chi connectivity index (χ3n) is 6.93. The van der Waals surface area contributed by atoms with Crippen LogP contribution < -0.4 is 14.5 Å². The number of nitriles is 1. The van der Waals surface area contributed by atoms with E-state index in [1.54, 1.807) is 0 Å². The second-order valence-electron chi connectivity index (χ2n) is 8.48. The van der Waals surface area contributed by atoms with Crippen molar-refractivity contribution in [3.05, 3.63) is 82.9 Å². The molecular weight excluding hydrogens is 406 g/mol. The lowest BCUT2D eigenvalue weighted by molar-refractivity contribution is 0.439. The molecule has 4 rings (SSSR count). The predicted octanol–water partition coefficient (Wildman–Crippen LogP) is 6.65. The van der Waals surface area contributed by atoms with Gasteiger partial charge in [-0.1, -0.05) is 36.4 Å². The van der Waals surface area contributed by atoms with E-state index in [-0.39, 0.29) is 0 Å². The van der Waals surface area contributed by atoms with Crippen LogP contribution in [0.3, 0.4) is 0 Å². The molecule has 0 aliphatic carbocycles. The van der Waals surface area contributed by atoms with Crippen molar-refractivity contribution < 1.29 is 4.74 Å². The van der Waals surface area contributed by atoms with Crippen molar-refractivity contribution in [3.8, 4) is 17.6 Å². The maximum absolute atomic E-state index is 10.8. The highest BCUT2D eigenvalue weighted by molar-refractivity contribution is 5.72. The third-order valence-corrected chi connectivity index (χ3v) is 6.93. The van der Waals surface area contributed by atoms with Crippen LogP contribution in [0.4, 0.5) is 11.4 Å². The van der Waals surface area contributed by atoms with Crippen molar-refractivity contribution in [2.45, 2.75) is 40.0 Å². The minimum atomic E-state index is -0.933. The Balaban J connectivity index is 2.01. The number of benzene rings is 3. The Kier molecular flexibility index (Phi) is 6.33. The number of ether oxygens (including phenoxy) is 1. The Morgan fingerprint density at radius 1 is 0.727 bits per heavy atom. The summed E-state index contributed by atoms with van der Waals surface area (Å²) < 4.78 is 6.55. The second-order valence-corrected chi connectivity index (χ2v) is 8.48. The van der Waals surface area contributed by atoms with Gasteiger partial charge < -0.3 is 14.5 Å². The summed E-state index contributed by atoms with van der Waals surface area (Å²) in [7, 11) is 0. The normalized spacial score (nSPS) is 13.3. The number of nitrogens with zero attached hydrogens (tertiary/aromatic N) is 3. The monoisotopic (exact) mass is 439 g/mol. The van der Waals surface area contributed by atoms with Crippen molar-refractivity contribution in [3.63, 3.8) is 0 Å². The van der Waals surface area contributed by atoms with E-state index in [1.807, 2.05) is 12.1 Å². The molecule has 0 bridgehead atoms. The van der Waals surface area contributed by atoms with Crippen LogP contribution in [0, 0.1) is 18.3 Å². The van der Waals surface area contributed by atoms with Crippen molar-refractivity contribution in [1.29, 1.82) is 5.26 Å². The van der Waals surface area contributed by atoms with Gasteiger partial charge in [0, 0.05) is 60.8 Å². The standard InChI is InChI=1S/C29H33N3O/c1-6-31(7-2)22-14-16-25-27(18-22)33-28-19-23(32(8-3)9-4)15-17-26(28)29(25,20-30)24-13-11-10-12-21(24)5/h10-19H,6-9H2,1-5H3. The van der Waals surface area contributed by atoms with Crippen LogP contribution in [0.15, 0.2) is 60.7 Å². The molecule has 170 valence electrons. The Hall–Kier alpha value is -3.45. The van der Waals surface area contributed by atoms with Gasteiger partial charge in [-0.25, -0.2) is 0 Å². The number of rotatable bonds is 7. The van der Waals surface area contributed by atoms with Gasteiger partial charge in [0.1, 0.15) is 16.9 Å². The van der Waals surface area contributed by atoms with E-state index in [0.29, 0.717) is 0 Å². The lowest BCUT2D eigenvalue weighted by Crippen LogP contribution is -2.33. The molecule has 0 saturated heterocycles. The number of hydrogen-bond donors (Lipinski definition) is 0. The molecule has 0 atom stereocenters. The molecule has 3 aromatic carbocycles. The van der Waals surface area contributed by atoms with Gasteiger partial charge in [-0.2, -0.15) is 5.26 Å². The first-order valence-corrected chi connectivity index (χ1v) is 12.0. The Morgan fingerprint density at radius 2 is 1.21 bits per heavy atom.